The molecule has 2 saturated carbocycles. The Hall–Kier alpha value is -3.19. The van der Waals surface area contributed by atoms with Crippen LogP contribution in [0.15, 0.2) is 12.1 Å². The van der Waals surface area contributed by atoms with Crippen LogP contribution in [-0.2, 0) is 19.2 Å². The van der Waals surface area contributed by atoms with E-state index in [9.17, 15) is 39.3 Å². The summed E-state index contributed by atoms with van der Waals surface area (Å²) in [6.45, 7) is 6.65. The van der Waals surface area contributed by atoms with E-state index in [-0.39, 0.29) is 17.4 Å². The van der Waals surface area contributed by atoms with Gasteiger partial charge in [0.15, 0.2) is 34.7 Å². The van der Waals surface area contributed by atoms with E-state index in [2.05, 4.69) is 17.1 Å². The molecule has 0 aromatic heterocycles. The number of amides is 1. The number of benzene rings is 1. The number of nitrogens with zero attached hydrogens (tertiary/aromatic N) is 2. The molecular weight excluding hydrogens is 544 g/mol. The van der Waals surface area contributed by atoms with Crippen LogP contribution in [0.25, 0.3) is 0 Å². The summed E-state index contributed by atoms with van der Waals surface area (Å²) in [7, 11) is 2.93. The number of hydrogen-bond acceptors (Lipinski definition) is 11. The third kappa shape index (κ3) is 4.30. The number of phenols is 1. The summed E-state index contributed by atoms with van der Waals surface area (Å²) in [5.41, 5.74) is 3.01. The molecule has 6 N–H and O–H groups in total. The van der Waals surface area contributed by atoms with Gasteiger partial charge in [0.25, 0.3) is 0 Å². The van der Waals surface area contributed by atoms with Crippen LogP contribution in [0.1, 0.15) is 54.9 Å². The second-order valence-electron chi connectivity index (χ2n) is 12.6. The summed E-state index contributed by atoms with van der Waals surface area (Å²) in [6, 6.07) is 2.04. The van der Waals surface area contributed by atoms with Crippen molar-refractivity contribution in [1.29, 1.82) is 0 Å². The molecule has 1 heterocycles. The predicted octanol–water partition coefficient (Wildman–Crippen LogP) is -0.315. The Morgan fingerprint density at radius 2 is 1.79 bits per heavy atom. The van der Waals surface area contributed by atoms with Crippen LogP contribution >= 0.6 is 0 Å². The molecule has 0 spiro atoms. The Kier molecular flexibility index (Phi) is 7.80. The van der Waals surface area contributed by atoms with Gasteiger partial charge < -0.3 is 31.3 Å². The maximum absolute atomic E-state index is 14.1. The van der Waals surface area contributed by atoms with Gasteiger partial charge in [0.1, 0.15) is 5.75 Å². The minimum Gasteiger partial charge on any atom is -0.505 e. The van der Waals surface area contributed by atoms with E-state index in [1.807, 2.05) is 0 Å². The number of anilines is 1. The molecule has 1 aromatic rings. The van der Waals surface area contributed by atoms with Crippen LogP contribution in [0.5, 0.6) is 5.75 Å². The quantitative estimate of drug-likeness (QED) is 0.218. The van der Waals surface area contributed by atoms with Crippen molar-refractivity contribution in [3.8, 4) is 5.75 Å². The largest absolute Gasteiger partial charge is 0.505 e. The van der Waals surface area contributed by atoms with Crippen molar-refractivity contribution in [2.24, 2.45) is 29.4 Å². The summed E-state index contributed by atoms with van der Waals surface area (Å²) in [4.78, 5) is 70.7. The van der Waals surface area contributed by atoms with Crippen molar-refractivity contribution in [3.63, 3.8) is 0 Å². The van der Waals surface area contributed by atoms with E-state index in [0.717, 1.165) is 38.9 Å². The van der Waals surface area contributed by atoms with Gasteiger partial charge in [-0.15, -0.1) is 0 Å². The fraction of sp³-hybridized carbons (Fsp3) is 0.633. The van der Waals surface area contributed by atoms with Gasteiger partial charge in [-0.25, -0.2) is 0 Å². The van der Waals surface area contributed by atoms with E-state index in [0.29, 0.717) is 11.3 Å². The molecule has 0 bridgehead atoms. The molecule has 2 unspecified atom stereocenters. The number of phenolic OH excluding ortho intramolecular Hbond substituents is 1. The molecule has 3 aliphatic carbocycles. The molecule has 8 atom stereocenters. The third-order valence-corrected chi connectivity index (χ3v) is 9.98. The SMILES string of the molecule is CCCN1CCC(Nc2ccc3c(c2O)C(=O)C2C(=O)[C@@]4(O)C(=O)C(C(N)=O)C(=O)[C@H](N(C)C)[C@H]4[C@H](O)[C@H]2[C@@H]3C)CC1. The van der Waals surface area contributed by atoms with Crippen molar-refractivity contribution in [2.45, 2.75) is 62.8 Å². The fourth-order valence-corrected chi connectivity index (χ4v) is 7.94. The molecule has 12 nitrogen and oxygen atoms in total. The van der Waals surface area contributed by atoms with E-state index in [1.54, 1.807) is 19.1 Å². The lowest BCUT2D eigenvalue weighted by Crippen LogP contribution is -2.77. The number of carbonyl (C=O) groups excluding carboxylic acids is 5. The summed E-state index contributed by atoms with van der Waals surface area (Å²) in [5.74, 6) is -13.2. The fourth-order valence-electron chi connectivity index (χ4n) is 7.94. The highest BCUT2D eigenvalue weighted by atomic mass is 16.3. The lowest BCUT2D eigenvalue weighted by atomic mass is 9.49. The summed E-state index contributed by atoms with van der Waals surface area (Å²) in [6.07, 6.45) is 1.11. The molecule has 1 amide bonds. The second-order valence-corrected chi connectivity index (χ2v) is 12.6. The molecule has 1 aromatic carbocycles. The number of aliphatic hydroxyl groups is 2. The third-order valence-electron chi connectivity index (χ3n) is 9.98. The van der Waals surface area contributed by atoms with Gasteiger partial charge in [-0.1, -0.05) is 19.9 Å². The molecular formula is C30H40N4O8. The number of Topliss-reactive ketones (excluding diaryl/α,β-unsaturated/α-hetero) is 4. The first-order valence-electron chi connectivity index (χ1n) is 14.6. The Morgan fingerprint density at radius 1 is 1.14 bits per heavy atom. The van der Waals surface area contributed by atoms with Gasteiger partial charge in [-0.3, -0.25) is 28.9 Å². The van der Waals surface area contributed by atoms with Crippen molar-refractivity contribution in [2.75, 3.05) is 39.0 Å². The Morgan fingerprint density at radius 3 is 2.36 bits per heavy atom. The number of rotatable bonds is 6. The average molecular weight is 585 g/mol. The van der Waals surface area contributed by atoms with E-state index in [4.69, 9.17) is 5.73 Å². The zero-order chi connectivity index (χ0) is 30.8. The topological polar surface area (TPSA) is 191 Å². The minimum atomic E-state index is -3.01. The molecule has 4 aliphatic rings. The number of aliphatic hydroxyl groups excluding tert-OH is 1. The Balaban J connectivity index is 1.54. The summed E-state index contributed by atoms with van der Waals surface area (Å²) in [5, 5.41) is 38.1. The number of hydrogen-bond donors (Lipinski definition) is 5. The lowest BCUT2D eigenvalue weighted by Gasteiger charge is -2.56. The standard InChI is InChI=1S/C30H40N4O8/c1-5-10-34-11-8-14(9-12-34)32-16-7-6-15-13(2)17-19(24(36)18(15)23(16)35)27(39)30(42)21(25(17)37)22(33(3)4)26(38)20(28(30)40)29(31)41/h6-7,13-14,17,19-22,25,32,35,37,42H,5,8-12H2,1-4H3,(H2,31,41)/t13-,17+,19?,20?,21+,22-,25-,30-/m1/s1. The average Bonchev–Trinajstić information content (AvgIpc) is 2.92. The monoisotopic (exact) mass is 584 g/mol. The minimum absolute atomic E-state index is 0.0663. The van der Waals surface area contributed by atoms with Crippen LogP contribution < -0.4 is 11.1 Å². The van der Waals surface area contributed by atoms with Crippen molar-refractivity contribution >= 4 is 34.7 Å². The number of carbonyl (C=O) groups is 5. The van der Waals surface area contributed by atoms with Crippen LogP contribution in [0.3, 0.4) is 0 Å². The van der Waals surface area contributed by atoms with Crippen molar-refractivity contribution in [3.05, 3.63) is 23.3 Å². The Labute approximate surface area is 244 Å². The number of likely N-dealkylation sites (N-methyl/N-ethyl adjacent to an activating group) is 1. The number of primary amides is 1. The molecule has 1 saturated heterocycles. The van der Waals surface area contributed by atoms with E-state index < -0.39 is 76.4 Å². The van der Waals surface area contributed by atoms with Gasteiger partial charge in [0.05, 0.1) is 35.2 Å². The van der Waals surface area contributed by atoms with Crippen molar-refractivity contribution in [1.82, 2.24) is 9.80 Å². The highest BCUT2D eigenvalue weighted by Crippen LogP contribution is 2.55. The number of likely N-dealkylation sites (tertiary alicyclic amines) is 1. The van der Waals surface area contributed by atoms with Crippen LogP contribution in [-0.4, -0.2) is 112 Å². The lowest BCUT2D eigenvalue weighted by molar-refractivity contribution is -0.196. The van der Waals surface area contributed by atoms with Gasteiger partial charge >= 0.3 is 0 Å². The number of ketones is 4. The number of aromatic hydroxyl groups is 1. The van der Waals surface area contributed by atoms with Gasteiger partial charge in [-0.2, -0.15) is 0 Å². The van der Waals surface area contributed by atoms with Gasteiger partial charge in [0.2, 0.25) is 5.91 Å². The number of nitrogens with two attached hydrogens (primary N) is 1. The molecule has 3 fully saturated rings. The maximum atomic E-state index is 14.1. The number of fused-ring (bicyclic) bond motifs is 3. The molecule has 42 heavy (non-hydrogen) atoms. The number of nitrogens with one attached hydrogen (secondary N) is 1. The smallest absolute Gasteiger partial charge is 0.235 e. The molecule has 1 aliphatic heterocycles. The van der Waals surface area contributed by atoms with Crippen LogP contribution in [0, 0.1) is 23.7 Å². The second kappa shape index (κ2) is 10.8. The van der Waals surface area contributed by atoms with Crippen LogP contribution in [0.4, 0.5) is 5.69 Å². The molecule has 12 heteroatoms. The maximum Gasteiger partial charge on any atom is 0.235 e. The van der Waals surface area contributed by atoms with E-state index >= 15 is 0 Å². The predicted molar refractivity (Wildman–Crippen MR) is 151 cm³/mol. The first-order valence-corrected chi connectivity index (χ1v) is 14.6. The number of piperidine rings is 1. The zero-order valence-electron chi connectivity index (χ0n) is 24.4. The molecule has 5 rings (SSSR count). The van der Waals surface area contributed by atoms with Gasteiger partial charge in [0, 0.05) is 25.0 Å². The first kappa shape index (κ1) is 30.3. The normalized spacial score (nSPS) is 35.5. The summed E-state index contributed by atoms with van der Waals surface area (Å²) < 4.78 is 0. The molecule has 0 radical (unpaired) electrons. The van der Waals surface area contributed by atoms with Crippen molar-refractivity contribution < 1.29 is 39.3 Å². The summed E-state index contributed by atoms with van der Waals surface area (Å²) >= 11 is 0. The zero-order valence-corrected chi connectivity index (χ0v) is 24.4. The Bertz CT molecular complexity index is 1340. The van der Waals surface area contributed by atoms with Crippen LogP contribution in [0.2, 0.25) is 0 Å². The van der Waals surface area contributed by atoms with E-state index in [1.165, 1.54) is 19.0 Å². The molecule has 228 valence electrons. The van der Waals surface area contributed by atoms with Gasteiger partial charge in [-0.05, 0) is 57.5 Å². The highest BCUT2D eigenvalue weighted by molar-refractivity contribution is 6.32. The highest BCUT2D eigenvalue weighted by Gasteiger charge is 2.72. The first-order chi connectivity index (χ1) is 19.8.